The van der Waals surface area contributed by atoms with E-state index in [1.807, 2.05) is 15.5 Å². The van der Waals surface area contributed by atoms with Gasteiger partial charge < -0.3 is 14.2 Å². The fourth-order valence-electron chi connectivity index (χ4n) is 3.30. The molecular weight excluding hydrogens is 304 g/mol. The molecule has 128 valence electrons. The first kappa shape index (κ1) is 16.6. The molecule has 1 aromatic carbocycles. The van der Waals surface area contributed by atoms with Crippen LogP contribution < -0.4 is 0 Å². The first-order chi connectivity index (χ1) is 11.6. The Hall–Kier alpha value is -2.21. The van der Waals surface area contributed by atoms with Gasteiger partial charge in [-0.25, -0.2) is 0 Å². The summed E-state index contributed by atoms with van der Waals surface area (Å²) < 4.78 is 7.06. The topological polar surface area (TPSA) is 60.2 Å². The molecule has 24 heavy (non-hydrogen) atoms. The van der Waals surface area contributed by atoms with Gasteiger partial charge in [-0.05, 0) is 12.0 Å². The highest BCUT2D eigenvalue weighted by molar-refractivity contribution is 5.77. The van der Waals surface area contributed by atoms with Crippen LogP contribution in [0, 0.1) is 0 Å². The second-order valence-corrected chi connectivity index (χ2v) is 6.61. The third-order valence-electron chi connectivity index (χ3n) is 4.82. The number of ether oxygens (including phenoxy) is 1. The molecule has 6 heteroatoms. The van der Waals surface area contributed by atoms with Crippen molar-refractivity contribution in [2.45, 2.75) is 38.3 Å². The number of rotatable bonds is 6. The van der Waals surface area contributed by atoms with Gasteiger partial charge in [-0.2, -0.15) is 0 Å². The number of aromatic nitrogens is 3. The summed E-state index contributed by atoms with van der Waals surface area (Å²) in [5, 5.41) is 8.16. The Morgan fingerprint density at radius 2 is 2.08 bits per heavy atom. The van der Waals surface area contributed by atoms with Gasteiger partial charge in [0.25, 0.3) is 0 Å². The van der Waals surface area contributed by atoms with E-state index in [9.17, 15) is 4.79 Å². The quantitative estimate of drug-likeness (QED) is 0.814. The number of nitrogens with zero attached hydrogens (tertiary/aromatic N) is 4. The summed E-state index contributed by atoms with van der Waals surface area (Å²) >= 11 is 0. The number of methoxy groups -OCH3 is 1. The number of carbonyl (C=O) groups is 1. The molecular formula is C18H24N4O2. The van der Waals surface area contributed by atoms with Crippen molar-refractivity contribution in [2.24, 2.45) is 0 Å². The summed E-state index contributed by atoms with van der Waals surface area (Å²) in [4.78, 5) is 14.3. The van der Waals surface area contributed by atoms with Crippen LogP contribution in [0.3, 0.4) is 0 Å². The van der Waals surface area contributed by atoms with Gasteiger partial charge in [0.15, 0.2) is 5.82 Å². The van der Waals surface area contributed by atoms with E-state index in [1.165, 1.54) is 5.56 Å². The maximum atomic E-state index is 12.4. The molecule has 1 amide bonds. The number of hydrogen-bond donors (Lipinski definition) is 0. The van der Waals surface area contributed by atoms with Gasteiger partial charge in [-0.1, -0.05) is 37.3 Å². The average Bonchev–Trinajstić information content (AvgIpc) is 3.04. The molecule has 0 saturated carbocycles. The smallest absolute Gasteiger partial charge is 0.223 e. The monoisotopic (exact) mass is 328 g/mol. The number of amides is 1. The largest absolute Gasteiger partial charge is 0.383 e. The molecule has 0 bridgehead atoms. The lowest BCUT2D eigenvalue weighted by Crippen LogP contribution is -2.47. The minimum absolute atomic E-state index is 0.0213. The number of hydrogen-bond acceptors (Lipinski definition) is 4. The molecule has 2 heterocycles. The Balaban J connectivity index is 1.75. The lowest BCUT2D eigenvalue weighted by molar-refractivity contribution is -0.136. The zero-order valence-electron chi connectivity index (χ0n) is 14.3. The van der Waals surface area contributed by atoms with E-state index in [2.05, 4.69) is 41.4 Å². The van der Waals surface area contributed by atoms with Crippen molar-refractivity contribution in [1.82, 2.24) is 19.7 Å². The van der Waals surface area contributed by atoms with Crippen molar-refractivity contribution in [3.8, 4) is 0 Å². The molecule has 0 spiro atoms. The maximum Gasteiger partial charge on any atom is 0.223 e. The Labute approximate surface area is 142 Å². The zero-order valence-corrected chi connectivity index (χ0v) is 14.3. The SMILES string of the molecule is COCCn1cnnc1CN1C[C@@](C)(c2ccccc2)CCC1=O. The van der Waals surface area contributed by atoms with Crippen LogP contribution in [-0.2, 0) is 28.0 Å². The van der Waals surface area contributed by atoms with E-state index >= 15 is 0 Å². The van der Waals surface area contributed by atoms with Gasteiger partial charge in [-0.15, -0.1) is 10.2 Å². The van der Waals surface area contributed by atoms with Crippen molar-refractivity contribution in [2.75, 3.05) is 20.3 Å². The maximum absolute atomic E-state index is 12.4. The predicted molar refractivity (Wildman–Crippen MR) is 90.3 cm³/mol. The molecule has 3 rings (SSSR count). The molecule has 1 aliphatic heterocycles. The minimum atomic E-state index is -0.0213. The Morgan fingerprint density at radius 1 is 1.29 bits per heavy atom. The van der Waals surface area contributed by atoms with Gasteiger partial charge in [0.05, 0.1) is 13.2 Å². The Bertz CT molecular complexity index is 685. The first-order valence-electron chi connectivity index (χ1n) is 8.31. The first-order valence-corrected chi connectivity index (χ1v) is 8.31. The molecule has 2 aromatic rings. The number of likely N-dealkylation sites (tertiary alicyclic amines) is 1. The highest BCUT2D eigenvalue weighted by Gasteiger charge is 2.36. The number of piperidine rings is 1. The summed E-state index contributed by atoms with van der Waals surface area (Å²) in [6.07, 6.45) is 3.14. The van der Waals surface area contributed by atoms with Crippen LogP contribution in [0.1, 0.15) is 31.2 Å². The van der Waals surface area contributed by atoms with Crippen LogP contribution in [0.2, 0.25) is 0 Å². The van der Waals surface area contributed by atoms with Gasteiger partial charge in [0, 0.05) is 32.0 Å². The van der Waals surface area contributed by atoms with Crippen molar-refractivity contribution in [3.63, 3.8) is 0 Å². The molecule has 1 aliphatic rings. The minimum Gasteiger partial charge on any atom is -0.383 e. The highest BCUT2D eigenvalue weighted by atomic mass is 16.5. The molecule has 1 aromatic heterocycles. The second-order valence-electron chi connectivity index (χ2n) is 6.61. The summed E-state index contributed by atoms with van der Waals surface area (Å²) in [6.45, 7) is 4.72. The van der Waals surface area contributed by atoms with Crippen LogP contribution in [-0.4, -0.2) is 45.8 Å². The van der Waals surface area contributed by atoms with E-state index < -0.39 is 0 Å². The van der Waals surface area contributed by atoms with Crippen LogP contribution in [0.4, 0.5) is 0 Å². The van der Waals surface area contributed by atoms with Gasteiger partial charge >= 0.3 is 0 Å². The molecule has 0 N–H and O–H groups in total. The predicted octanol–water partition coefficient (Wildman–Crippen LogP) is 2.00. The molecule has 1 atom stereocenters. The molecule has 1 fully saturated rings. The van der Waals surface area contributed by atoms with Gasteiger partial charge in [0.2, 0.25) is 5.91 Å². The lowest BCUT2D eigenvalue weighted by Gasteiger charge is -2.40. The second kappa shape index (κ2) is 7.13. The molecule has 1 saturated heterocycles. The van der Waals surface area contributed by atoms with Gasteiger partial charge in [-0.3, -0.25) is 4.79 Å². The molecule has 0 radical (unpaired) electrons. The summed E-state index contributed by atoms with van der Waals surface area (Å²) in [7, 11) is 1.67. The average molecular weight is 328 g/mol. The fraction of sp³-hybridized carbons (Fsp3) is 0.500. The van der Waals surface area contributed by atoms with Crippen molar-refractivity contribution in [1.29, 1.82) is 0 Å². The van der Waals surface area contributed by atoms with E-state index in [0.29, 0.717) is 32.7 Å². The third-order valence-corrected chi connectivity index (χ3v) is 4.82. The highest BCUT2D eigenvalue weighted by Crippen LogP contribution is 2.34. The Kier molecular flexibility index (Phi) is 4.94. The molecule has 0 unspecified atom stereocenters. The van der Waals surface area contributed by atoms with E-state index in [0.717, 1.165) is 12.2 Å². The van der Waals surface area contributed by atoms with Crippen molar-refractivity contribution in [3.05, 3.63) is 48.0 Å². The normalized spacial score (nSPS) is 21.2. The summed E-state index contributed by atoms with van der Waals surface area (Å²) in [5.74, 6) is 0.988. The number of benzene rings is 1. The van der Waals surface area contributed by atoms with Gasteiger partial charge in [0.1, 0.15) is 6.33 Å². The van der Waals surface area contributed by atoms with Crippen LogP contribution in [0.15, 0.2) is 36.7 Å². The summed E-state index contributed by atoms with van der Waals surface area (Å²) in [5.41, 5.74) is 1.26. The number of carbonyl (C=O) groups excluding carboxylic acids is 1. The van der Waals surface area contributed by atoms with Crippen molar-refractivity contribution >= 4 is 5.91 Å². The standard InChI is InChI=1S/C18H24N4O2/c1-18(15-6-4-3-5-7-15)9-8-17(23)22(13-18)12-16-20-19-14-21(16)10-11-24-2/h3-7,14H,8-13H2,1-2H3/t18-/m0/s1. The van der Waals surface area contributed by atoms with E-state index in [-0.39, 0.29) is 11.3 Å². The van der Waals surface area contributed by atoms with E-state index in [4.69, 9.17) is 4.74 Å². The zero-order chi connectivity index (χ0) is 17.0. The molecule has 6 nitrogen and oxygen atoms in total. The van der Waals surface area contributed by atoms with Crippen LogP contribution in [0.25, 0.3) is 0 Å². The van der Waals surface area contributed by atoms with E-state index in [1.54, 1.807) is 13.4 Å². The summed E-state index contributed by atoms with van der Waals surface area (Å²) in [6, 6.07) is 10.4. The fourth-order valence-corrected chi connectivity index (χ4v) is 3.30. The van der Waals surface area contributed by atoms with Crippen LogP contribution >= 0.6 is 0 Å². The Morgan fingerprint density at radius 3 is 2.83 bits per heavy atom. The third kappa shape index (κ3) is 3.48. The lowest BCUT2D eigenvalue weighted by atomic mass is 9.75. The van der Waals surface area contributed by atoms with Crippen molar-refractivity contribution < 1.29 is 9.53 Å². The molecule has 0 aliphatic carbocycles. The van der Waals surface area contributed by atoms with Crippen LogP contribution in [0.5, 0.6) is 0 Å².